The van der Waals surface area contributed by atoms with E-state index in [1.54, 1.807) is 6.07 Å². The molecule has 1 aromatic carbocycles. The molecule has 2 aromatic rings. The summed E-state index contributed by atoms with van der Waals surface area (Å²) in [7, 11) is 0. The fourth-order valence-corrected chi connectivity index (χ4v) is 2.29. The maximum atomic E-state index is 14.1. The van der Waals surface area contributed by atoms with E-state index in [0.29, 0.717) is 24.6 Å². The topological polar surface area (TPSA) is 29.9 Å². The largest absolute Gasteiger partial charge is 0.335 e. The van der Waals surface area contributed by atoms with Crippen LogP contribution < -0.4 is 5.32 Å². The Labute approximate surface area is 126 Å². The van der Waals surface area contributed by atoms with Crippen molar-refractivity contribution >= 4 is 0 Å². The molecule has 0 spiro atoms. The third-order valence-electron chi connectivity index (χ3n) is 3.45. The summed E-state index contributed by atoms with van der Waals surface area (Å²) in [6, 6.07) is 5.84. The van der Waals surface area contributed by atoms with E-state index in [1.807, 2.05) is 24.5 Å². The Morgan fingerprint density at radius 2 is 2.14 bits per heavy atom. The van der Waals surface area contributed by atoms with E-state index in [4.69, 9.17) is 0 Å². The average Bonchev–Trinajstić information content (AvgIpc) is 2.85. The average molecular weight is 289 g/mol. The van der Waals surface area contributed by atoms with Crippen molar-refractivity contribution in [3.05, 3.63) is 53.4 Å². The molecule has 0 radical (unpaired) electrons. The Bertz CT molecular complexity index is 575. The zero-order chi connectivity index (χ0) is 15.2. The molecule has 1 N–H and O–H groups in total. The van der Waals surface area contributed by atoms with Crippen molar-refractivity contribution in [2.24, 2.45) is 0 Å². The molecule has 0 aliphatic heterocycles. The molecule has 0 aliphatic rings. The van der Waals surface area contributed by atoms with Gasteiger partial charge in [0.05, 0.1) is 0 Å². The van der Waals surface area contributed by atoms with Crippen molar-refractivity contribution in [2.45, 2.75) is 52.7 Å². The third-order valence-corrected chi connectivity index (χ3v) is 3.45. The fourth-order valence-electron chi connectivity index (χ4n) is 2.29. The van der Waals surface area contributed by atoms with Gasteiger partial charge in [0.2, 0.25) is 0 Å². The van der Waals surface area contributed by atoms with Crippen molar-refractivity contribution in [3.8, 4) is 0 Å². The Morgan fingerprint density at radius 1 is 1.33 bits per heavy atom. The van der Waals surface area contributed by atoms with Crippen molar-refractivity contribution in [1.82, 2.24) is 14.9 Å². The van der Waals surface area contributed by atoms with Crippen LogP contribution in [0.15, 0.2) is 30.6 Å². The predicted octanol–water partition coefficient (Wildman–Crippen LogP) is 3.52. The van der Waals surface area contributed by atoms with E-state index >= 15 is 0 Å². The first-order valence-corrected chi connectivity index (χ1v) is 7.60. The monoisotopic (exact) mass is 289 g/mol. The van der Waals surface area contributed by atoms with Gasteiger partial charge >= 0.3 is 0 Å². The molecular weight excluding hydrogens is 265 g/mol. The Kier molecular flexibility index (Phi) is 5.51. The summed E-state index contributed by atoms with van der Waals surface area (Å²) in [5, 5.41) is 3.24. The van der Waals surface area contributed by atoms with Crippen LogP contribution in [-0.2, 0) is 19.5 Å². The van der Waals surface area contributed by atoms with Gasteiger partial charge in [-0.25, -0.2) is 9.37 Å². The van der Waals surface area contributed by atoms with Crippen LogP contribution in [0, 0.1) is 5.82 Å². The minimum absolute atomic E-state index is 0.144. The highest BCUT2D eigenvalue weighted by molar-refractivity contribution is 5.26. The number of nitrogens with zero attached hydrogens (tertiary/aromatic N) is 2. The maximum absolute atomic E-state index is 14.1. The van der Waals surface area contributed by atoms with Crippen LogP contribution in [0.2, 0.25) is 0 Å². The molecule has 0 amide bonds. The molecule has 1 aromatic heterocycles. The first kappa shape index (κ1) is 15.7. The Hall–Kier alpha value is -1.68. The third kappa shape index (κ3) is 4.39. The van der Waals surface area contributed by atoms with Gasteiger partial charge in [0.1, 0.15) is 11.6 Å². The highest BCUT2D eigenvalue weighted by Crippen LogP contribution is 2.14. The summed E-state index contributed by atoms with van der Waals surface area (Å²) < 4.78 is 16.2. The molecule has 3 nitrogen and oxygen atoms in total. The predicted molar refractivity (Wildman–Crippen MR) is 83.7 cm³/mol. The van der Waals surface area contributed by atoms with Gasteiger partial charge in [-0.15, -0.1) is 0 Å². The number of benzene rings is 1. The molecular formula is C17H24FN3. The summed E-state index contributed by atoms with van der Waals surface area (Å²) in [6.45, 7) is 7.77. The lowest BCUT2D eigenvalue weighted by atomic mass is 10.1. The van der Waals surface area contributed by atoms with E-state index in [0.717, 1.165) is 24.4 Å². The van der Waals surface area contributed by atoms with Crippen molar-refractivity contribution in [3.63, 3.8) is 0 Å². The normalized spacial score (nSPS) is 11.3. The molecule has 114 valence electrons. The van der Waals surface area contributed by atoms with Crippen molar-refractivity contribution in [1.29, 1.82) is 0 Å². The summed E-state index contributed by atoms with van der Waals surface area (Å²) in [4.78, 5) is 4.37. The number of aryl methyl sites for hydroxylation is 1. The van der Waals surface area contributed by atoms with Gasteiger partial charge in [-0.1, -0.05) is 32.9 Å². The second kappa shape index (κ2) is 7.36. The Morgan fingerprint density at radius 3 is 2.81 bits per heavy atom. The lowest BCUT2D eigenvalue weighted by Crippen LogP contribution is -2.22. The van der Waals surface area contributed by atoms with Crippen LogP contribution in [0.1, 0.15) is 44.1 Å². The van der Waals surface area contributed by atoms with E-state index in [9.17, 15) is 4.39 Å². The number of aromatic nitrogens is 2. The van der Waals surface area contributed by atoms with Crippen molar-refractivity contribution in [2.75, 3.05) is 0 Å². The molecule has 0 unspecified atom stereocenters. The van der Waals surface area contributed by atoms with Gasteiger partial charge in [-0.2, -0.15) is 0 Å². The zero-order valence-corrected chi connectivity index (χ0v) is 13.1. The van der Waals surface area contributed by atoms with E-state index in [2.05, 4.69) is 35.6 Å². The summed E-state index contributed by atoms with van der Waals surface area (Å²) in [5.74, 6) is 0.846. The molecule has 21 heavy (non-hydrogen) atoms. The first-order chi connectivity index (χ1) is 10.1. The molecule has 2 rings (SSSR count). The second-order valence-electron chi connectivity index (χ2n) is 5.68. The SMILES string of the molecule is CCCn1ccnc1Cc1ccc(CNC(C)C)c(F)c1. The molecule has 0 atom stereocenters. The molecule has 0 bridgehead atoms. The molecule has 1 heterocycles. The molecule has 0 saturated carbocycles. The van der Waals surface area contributed by atoms with E-state index in [-0.39, 0.29) is 5.82 Å². The van der Waals surface area contributed by atoms with Crippen LogP contribution in [0.3, 0.4) is 0 Å². The number of hydrogen-bond donors (Lipinski definition) is 1. The summed E-state index contributed by atoms with van der Waals surface area (Å²) in [5.41, 5.74) is 1.67. The van der Waals surface area contributed by atoms with Crippen LogP contribution in [0.5, 0.6) is 0 Å². The minimum Gasteiger partial charge on any atom is -0.335 e. The maximum Gasteiger partial charge on any atom is 0.127 e. The summed E-state index contributed by atoms with van der Waals surface area (Å²) in [6.07, 6.45) is 5.53. The number of halogens is 1. The molecule has 0 aliphatic carbocycles. The standard InChI is InChI=1S/C17H24FN3/c1-4-8-21-9-7-19-17(21)11-14-5-6-15(16(18)10-14)12-20-13(2)3/h5-7,9-10,13,20H,4,8,11-12H2,1-3H3. The minimum atomic E-state index is -0.144. The van der Waals surface area contributed by atoms with Gasteiger partial charge in [0, 0.05) is 43.5 Å². The van der Waals surface area contributed by atoms with Gasteiger partial charge in [-0.3, -0.25) is 0 Å². The highest BCUT2D eigenvalue weighted by Gasteiger charge is 2.08. The van der Waals surface area contributed by atoms with Gasteiger partial charge < -0.3 is 9.88 Å². The first-order valence-electron chi connectivity index (χ1n) is 7.60. The smallest absolute Gasteiger partial charge is 0.127 e. The van der Waals surface area contributed by atoms with Gasteiger partial charge in [0.15, 0.2) is 0 Å². The lowest BCUT2D eigenvalue weighted by Gasteiger charge is -2.11. The summed E-state index contributed by atoms with van der Waals surface area (Å²) >= 11 is 0. The number of rotatable bonds is 7. The number of imidazole rings is 1. The van der Waals surface area contributed by atoms with E-state index in [1.165, 1.54) is 0 Å². The number of nitrogens with one attached hydrogen (secondary N) is 1. The van der Waals surface area contributed by atoms with E-state index < -0.39 is 0 Å². The fraction of sp³-hybridized carbons (Fsp3) is 0.471. The quantitative estimate of drug-likeness (QED) is 0.845. The zero-order valence-electron chi connectivity index (χ0n) is 13.1. The lowest BCUT2D eigenvalue weighted by molar-refractivity contribution is 0.552. The van der Waals surface area contributed by atoms with Crippen LogP contribution in [-0.4, -0.2) is 15.6 Å². The number of hydrogen-bond acceptors (Lipinski definition) is 2. The molecule has 4 heteroatoms. The van der Waals surface area contributed by atoms with Crippen LogP contribution in [0.25, 0.3) is 0 Å². The van der Waals surface area contributed by atoms with Gasteiger partial charge in [0.25, 0.3) is 0 Å². The van der Waals surface area contributed by atoms with Crippen molar-refractivity contribution < 1.29 is 4.39 Å². The van der Waals surface area contributed by atoms with Gasteiger partial charge in [-0.05, 0) is 18.1 Å². The molecule has 0 saturated heterocycles. The second-order valence-corrected chi connectivity index (χ2v) is 5.68. The Balaban J connectivity index is 2.07. The highest BCUT2D eigenvalue weighted by atomic mass is 19.1. The molecule has 0 fully saturated rings. The van der Waals surface area contributed by atoms with Crippen LogP contribution in [0.4, 0.5) is 4.39 Å². The van der Waals surface area contributed by atoms with Crippen LogP contribution >= 0.6 is 0 Å².